The largest absolute Gasteiger partial charge is 0.379 e. The van der Waals surface area contributed by atoms with Crippen LogP contribution in [0.2, 0.25) is 0 Å². The van der Waals surface area contributed by atoms with E-state index < -0.39 is 0 Å². The highest BCUT2D eigenvalue weighted by atomic mass is 19.1. The summed E-state index contributed by atoms with van der Waals surface area (Å²) in [4.78, 5) is 6.76. The zero-order chi connectivity index (χ0) is 17.9. The summed E-state index contributed by atoms with van der Waals surface area (Å²) < 4.78 is 22.5. The van der Waals surface area contributed by atoms with Crippen molar-refractivity contribution in [3.8, 4) is 16.9 Å². The Morgan fingerprint density at radius 2 is 1.92 bits per heavy atom. The maximum Gasteiger partial charge on any atom is 0.123 e. The molecule has 1 atom stereocenters. The van der Waals surface area contributed by atoms with Crippen molar-refractivity contribution in [2.24, 2.45) is 0 Å². The third-order valence-electron chi connectivity index (χ3n) is 4.74. The number of hydrogen-bond acceptors (Lipinski definition) is 4. The molecule has 6 nitrogen and oxygen atoms in total. The molecule has 0 aliphatic carbocycles. The molecule has 136 valence electrons. The van der Waals surface area contributed by atoms with Crippen LogP contribution >= 0.6 is 0 Å². The minimum absolute atomic E-state index is 0.254. The minimum Gasteiger partial charge on any atom is -0.379 e. The van der Waals surface area contributed by atoms with Crippen LogP contribution in [0.3, 0.4) is 0 Å². The highest BCUT2D eigenvalue weighted by Crippen LogP contribution is 2.24. The molecule has 0 amide bonds. The standard InChI is InChI=1S/C19H22FN5O/c1-15(12-23-6-8-26-9-7-23)24-14-21-11-19(24)16-10-22-25(13-16)18-4-2-17(20)3-5-18/h2-5,10-11,13-15H,6-9,12H2,1H3/t15-/m0/s1. The number of aromatic nitrogens is 4. The Bertz CT molecular complexity index is 851. The fraction of sp³-hybridized carbons (Fsp3) is 0.368. The molecule has 1 fully saturated rings. The lowest BCUT2D eigenvalue weighted by Gasteiger charge is -2.30. The maximum atomic E-state index is 13.1. The molecule has 1 aliphatic heterocycles. The van der Waals surface area contributed by atoms with Crippen molar-refractivity contribution < 1.29 is 9.13 Å². The van der Waals surface area contributed by atoms with Crippen molar-refractivity contribution in [3.05, 3.63) is 55.0 Å². The Kier molecular flexibility index (Phi) is 4.81. The Balaban J connectivity index is 1.54. The highest BCUT2D eigenvalue weighted by molar-refractivity contribution is 5.57. The fourth-order valence-electron chi connectivity index (χ4n) is 3.31. The molecule has 3 heterocycles. The van der Waals surface area contributed by atoms with E-state index >= 15 is 0 Å². The second-order valence-electron chi connectivity index (χ2n) is 6.60. The van der Waals surface area contributed by atoms with Crippen LogP contribution in [-0.2, 0) is 4.74 Å². The lowest BCUT2D eigenvalue weighted by molar-refractivity contribution is 0.0326. The van der Waals surface area contributed by atoms with Gasteiger partial charge in [-0.05, 0) is 31.2 Å². The summed E-state index contributed by atoms with van der Waals surface area (Å²) in [5.74, 6) is -0.254. The Hall–Kier alpha value is -2.51. The van der Waals surface area contributed by atoms with Crippen LogP contribution in [0.25, 0.3) is 16.9 Å². The van der Waals surface area contributed by atoms with Crippen molar-refractivity contribution >= 4 is 0 Å². The molecular formula is C19H22FN5O. The van der Waals surface area contributed by atoms with Gasteiger partial charge in [-0.25, -0.2) is 14.1 Å². The molecule has 26 heavy (non-hydrogen) atoms. The maximum absolute atomic E-state index is 13.1. The summed E-state index contributed by atoms with van der Waals surface area (Å²) in [5, 5.41) is 4.41. The molecule has 2 aromatic heterocycles. The first-order valence-electron chi connectivity index (χ1n) is 8.83. The molecule has 1 saturated heterocycles. The first-order valence-corrected chi connectivity index (χ1v) is 8.83. The van der Waals surface area contributed by atoms with Gasteiger partial charge < -0.3 is 9.30 Å². The summed E-state index contributed by atoms with van der Waals surface area (Å²) in [6, 6.07) is 6.59. The van der Waals surface area contributed by atoms with E-state index in [9.17, 15) is 4.39 Å². The second-order valence-corrected chi connectivity index (χ2v) is 6.60. The van der Waals surface area contributed by atoms with Gasteiger partial charge in [-0.3, -0.25) is 4.90 Å². The number of hydrogen-bond donors (Lipinski definition) is 0. The van der Waals surface area contributed by atoms with Gasteiger partial charge in [0.2, 0.25) is 0 Å². The van der Waals surface area contributed by atoms with Crippen molar-refractivity contribution in [2.75, 3.05) is 32.8 Å². The van der Waals surface area contributed by atoms with Crippen LogP contribution in [0.5, 0.6) is 0 Å². The zero-order valence-corrected chi connectivity index (χ0v) is 14.8. The summed E-state index contributed by atoms with van der Waals surface area (Å²) in [6.45, 7) is 6.69. The Morgan fingerprint density at radius 3 is 2.69 bits per heavy atom. The molecule has 1 aromatic carbocycles. The molecule has 0 unspecified atom stereocenters. The van der Waals surface area contributed by atoms with Gasteiger partial charge in [0, 0.05) is 37.4 Å². The summed E-state index contributed by atoms with van der Waals surface area (Å²) in [7, 11) is 0. The number of imidazole rings is 1. The van der Waals surface area contributed by atoms with Crippen molar-refractivity contribution in [2.45, 2.75) is 13.0 Å². The number of halogens is 1. The van der Waals surface area contributed by atoms with E-state index in [0.29, 0.717) is 6.04 Å². The third-order valence-corrected chi connectivity index (χ3v) is 4.74. The molecule has 0 spiro atoms. The molecule has 4 rings (SSSR count). The molecule has 3 aromatic rings. The summed E-state index contributed by atoms with van der Waals surface area (Å²) >= 11 is 0. The average molecular weight is 355 g/mol. The minimum atomic E-state index is -0.254. The van der Waals surface area contributed by atoms with Crippen LogP contribution in [0, 0.1) is 5.82 Å². The molecule has 7 heteroatoms. The SMILES string of the molecule is C[C@@H](CN1CCOCC1)n1cncc1-c1cnn(-c2ccc(F)cc2)c1. The van der Waals surface area contributed by atoms with E-state index in [1.807, 2.05) is 24.9 Å². The van der Waals surface area contributed by atoms with Crippen LogP contribution in [0.15, 0.2) is 49.2 Å². The number of morpholine rings is 1. The van der Waals surface area contributed by atoms with Gasteiger partial charge in [0.15, 0.2) is 0 Å². The fourth-order valence-corrected chi connectivity index (χ4v) is 3.31. The van der Waals surface area contributed by atoms with Crippen LogP contribution in [0.4, 0.5) is 4.39 Å². The summed E-state index contributed by atoms with van der Waals surface area (Å²) in [6.07, 6.45) is 7.50. The van der Waals surface area contributed by atoms with Gasteiger partial charge in [0.1, 0.15) is 5.82 Å². The van der Waals surface area contributed by atoms with Gasteiger partial charge in [0.25, 0.3) is 0 Å². The van der Waals surface area contributed by atoms with Crippen molar-refractivity contribution in [3.63, 3.8) is 0 Å². The topological polar surface area (TPSA) is 48.1 Å². The normalized spacial score (nSPS) is 16.7. The summed E-state index contributed by atoms with van der Waals surface area (Å²) in [5.41, 5.74) is 2.84. The van der Waals surface area contributed by atoms with Gasteiger partial charge in [-0.1, -0.05) is 0 Å². The molecular weight excluding hydrogens is 333 g/mol. The Labute approximate surface area is 151 Å². The van der Waals surface area contributed by atoms with Gasteiger partial charge >= 0.3 is 0 Å². The van der Waals surface area contributed by atoms with Crippen molar-refractivity contribution in [1.29, 1.82) is 0 Å². The van der Waals surface area contributed by atoms with E-state index in [0.717, 1.165) is 49.8 Å². The highest BCUT2D eigenvalue weighted by Gasteiger charge is 2.18. The molecule has 0 bridgehead atoms. The van der Waals surface area contributed by atoms with Crippen molar-refractivity contribution in [1.82, 2.24) is 24.2 Å². The predicted molar refractivity (Wildman–Crippen MR) is 96.7 cm³/mol. The molecule has 0 N–H and O–H groups in total. The molecule has 0 radical (unpaired) electrons. The number of ether oxygens (including phenoxy) is 1. The molecule has 1 aliphatic rings. The van der Waals surface area contributed by atoms with Gasteiger partial charge in [0.05, 0.1) is 43.3 Å². The van der Waals surface area contributed by atoms with Crippen LogP contribution in [-0.4, -0.2) is 57.1 Å². The molecule has 0 saturated carbocycles. The monoisotopic (exact) mass is 355 g/mol. The lowest BCUT2D eigenvalue weighted by atomic mass is 10.2. The second kappa shape index (κ2) is 7.39. The number of benzene rings is 1. The lowest BCUT2D eigenvalue weighted by Crippen LogP contribution is -2.39. The average Bonchev–Trinajstić information content (AvgIpc) is 3.32. The predicted octanol–water partition coefficient (Wildman–Crippen LogP) is 2.77. The van der Waals surface area contributed by atoms with Crippen LogP contribution < -0.4 is 0 Å². The quantitative estimate of drug-likeness (QED) is 0.706. The van der Waals surface area contributed by atoms with Gasteiger partial charge in [-0.2, -0.15) is 5.10 Å². The van der Waals surface area contributed by atoms with E-state index in [1.165, 1.54) is 12.1 Å². The van der Waals surface area contributed by atoms with E-state index in [-0.39, 0.29) is 5.82 Å². The van der Waals surface area contributed by atoms with E-state index in [1.54, 1.807) is 16.8 Å². The number of nitrogens with zero attached hydrogens (tertiary/aromatic N) is 5. The number of rotatable bonds is 5. The van der Waals surface area contributed by atoms with E-state index in [4.69, 9.17) is 4.74 Å². The van der Waals surface area contributed by atoms with E-state index in [2.05, 4.69) is 26.5 Å². The van der Waals surface area contributed by atoms with Crippen LogP contribution in [0.1, 0.15) is 13.0 Å². The Morgan fingerprint density at radius 1 is 1.15 bits per heavy atom. The first-order chi connectivity index (χ1) is 12.7. The third kappa shape index (κ3) is 3.54. The van der Waals surface area contributed by atoms with Gasteiger partial charge in [-0.15, -0.1) is 0 Å². The first kappa shape index (κ1) is 16.9. The zero-order valence-electron chi connectivity index (χ0n) is 14.8. The smallest absolute Gasteiger partial charge is 0.123 e.